The number of piperidine rings is 2. The molecule has 26 heavy (non-hydrogen) atoms. The highest BCUT2D eigenvalue weighted by molar-refractivity contribution is 5.89. The number of nitrogens with one attached hydrogen (secondary N) is 1. The Morgan fingerprint density at radius 2 is 2.00 bits per heavy atom. The molecular formula is C20H28FN3O2. The summed E-state index contributed by atoms with van der Waals surface area (Å²) >= 11 is 0. The standard InChI is InChI=1S/C20H28FN3O2/c1-2-3-12-23-14-20(11-9-18(23)25)10-4-13-24(15-20)19(26)22-17-7-5-16(21)6-8-17/h5-8H,2-4,9-15H2,1H3,(H,22,26)/t20-/m1/s1. The number of benzene rings is 1. The average molecular weight is 361 g/mol. The SMILES string of the molecule is CCCCN1C[C@@]2(CCCN(C(=O)Nc3ccc(F)cc3)C2)CCC1=O. The van der Waals surface area contributed by atoms with E-state index in [4.69, 9.17) is 0 Å². The predicted molar refractivity (Wildman–Crippen MR) is 99.4 cm³/mol. The Bertz CT molecular complexity index is 649. The first-order chi connectivity index (χ1) is 12.5. The maximum absolute atomic E-state index is 13.0. The van der Waals surface area contributed by atoms with Gasteiger partial charge in [-0.2, -0.15) is 0 Å². The molecule has 2 aliphatic heterocycles. The summed E-state index contributed by atoms with van der Waals surface area (Å²) in [6.45, 7) is 5.10. The number of rotatable bonds is 4. The van der Waals surface area contributed by atoms with Gasteiger partial charge in [-0.05, 0) is 49.9 Å². The lowest BCUT2D eigenvalue weighted by Crippen LogP contribution is -2.55. The monoisotopic (exact) mass is 361 g/mol. The van der Waals surface area contributed by atoms with Crippen molar-refractivity contribution >= 4 is 17.6 Å². The molecule has 0 aromatic heterocycles. The first-order valence-electron chi connectivity index (χ1n) is 9.61. The highest BCUT2D eigenvalue weighted by atomic mass is 19.1. The quantitative estimate of drug-likeness (QED) is 0.885. The number of unbranched alkanes of at least 4 members (excludes halogenated alkanes) is 1. The lowest BCUT2D eigenvalue weighted by atomic mass is 9.73. The van der Waals surface area contributed by atoms with Crippen LogP contribution in [0.4, 0.5) is 14.9 Å². The largest absolute Gasteiger partial charge is 0.342 e. The van der Waals surface area contributed by atoms with Gasteiger partial charge in [-0.25, -0.2) is 9.18 Å². The van der Waals surface area contributed by atoms with Gasteiger partial charge in [0.25, 0.3) is 0 Å². The second-order valence-electron chi connectivity index (χ2n) is 7.63. The van der Waals surface area contributed by atoms with Crippen molar-refractivity contribution in [3.63, 3.8) is 0 Å². The Morgan fingerprint density at radius 1 is 1.23 bits per heavy atom. The van der Waals surface area contributed by atoms with Crippen LogP contribution in [0.3, 0.4) is 0 Å². The zero-order chi connectivity index (χ0) is 18.6. The summed E-state index contributed by atoms with van der Waals surface area (Å²) in [6.07, 6.45) is 5.54. The summed E-state index contributed by atoms with van der Waals surface area (Å²) in [4.78, 5) is 28.7. The van der Waals surface area contributed by atoms with Crippen molar-refractivity contribution in [2.24, 2.45) is 5.41 Å². The Balaban J connectivity index is 1.63. The minimum atomic E-state index is -0.320. The van der Waals surface area contributed by atoms with Crippen LogP contribution in [0.5, 0.6) is 0 Å². The van der Waals surface area contributed by atoms with E-state index in [1.807, 2.05) is 9.80 Å². The Hall–Kier alpha value is -2.11. The van der Waals surface area contributed by atoms with E-state index < -0.39 is 0 Å². The third-order valence-electron chi connectivity index (χ3n) is 5.57. The lowest BCUT2D eigenvalue weighted by molar-refractivity contribution is -0.139. The predicted octanol–water partition coefficient (Wildman–Crippen LogP) is 3.86. The van der Waals surface area contributed by atoms with Gasteiger partial charge in [0.15, 0.2) is 0 Å². The number of likely N-dealkylation sites (tertiary alicyclic amines) is 2. The van der Waals surface area contributed by atoms with Crippen molar-refractivity contribution < 1.29 is 14.0 Å². The molecule has 2 heterocycles. The molecular weight excluding hydrogens is 333 g/mol. The number of anilines is 1. The topological polar surface area (TPSA) is 52.6 Å². The Kier molecular flexibility index (Phi) is 5.79. The van der Waals surface area contributed by atoms with Crippen LogP contribution in [0.25, 0.3) is 0 Å². The summed E-state index contributed by atoms with van der Waals surface area (Å²) in [6, 6.07) is 5.67. The molecule has 0 unspecified atom stereocenters. The Labute approximate surface area is 154 Å². The van der Waals surface area contributed by atoms with E-state index in [2.05, 4.69) is 12.2 Å². The van der Waals surface area contributed by atoms with E-state index in [-0.39, 0.29) is 23.2 Å². The maximum Gasteiger partial charge on any atom is 0.321 e. The van der Waals surface area contributed by atoms with Gasteiger partial charge in [0.2, 0.25) is 5.91 Å². The van der Waals surface area contributed by atoms with Crippen LogP contribution in [0.2, 0.25) is 0 Å². The molecule has 0 radical (unpaired) electrons. The molecule has 1 spiro atoms. The minimum Gasteiger partial charge on any atom is -0.342 e. The molecule has 6 heteroatoms. The minimum absolute atomic E-state index is 0.0139. The second-order valence-corrected chi connectivity index (χ2v) is 7.63. The van der Waals surface area contributed by atoms with Crippen molar-refractivity contribution in [1.29, 1.82) is 0 Å². The van der Waals surface area contributed by atoms with Gasteiger partial charge in [-0.3, -0.25) is 4.79 Å². The highest BCUT2D eigenvalue weighted by Crippen LogP contribution is 2.39. The van der Waals surface area contributed by atoms with Gasteiger partial charge >= 0.3 is 6.03 Å². The zero-order valence-corrected chi connectivity index (χ0v) is 15.5. The average Bonchev–Trinajstić information content (AvgIpc) is 2.65. The van der Waals surface area contributed by atoms with Crippen LogP contribution in [0.15, 0.2) is 24.3 Å². The number of hydrogen-bond donors (Lipinski definition) is 1. The molecule has 1 atom stereocenters. The van der Waals surface area contributed by atoms with E-state index in [0.29, 0.717) is 18.7 Å². The highest BCUT2D eigenvalue weighted by Gasteiger charge is 2.42. The van der Waals surface area contributed by atoms with Crippen LogP contribution in [-0.4, -0.2) is 47.9 Å². The first kappa shape index (κ1) is 18.7. The smallest absolute Gasteiger partial charge is 0.321 e. The van der Waals surface area contributed by atoms with Gasteiger partial charge in [-0.15, -0.1) is 0 Å². The van der Waals surface area contributed by atoms with Crippen molar-refractivity contribution in [2.45, 2.75) is 45.4 Å². The van der Waals surface area contributed by atoms with Gasteiger partial charge in [-0.1, -0.05) is 13.3 Å². The summed E-state index contributed by atoms with van der Waals surface area (Å²) in [5, 5.41) is 2.85. The van der Waals surface area contributed by atoms with E-state index in [1.54, 1.807) is 12.1 Å². The fourth-order valence-corrected chi connectivity index (χ4v) is 4.11. The third-order valence-corrected chi connectivity index (χ3v) is 5.57. The van der Waals surface area contributed by atoms with Crippen molar-refractivity contribution in [1.82, 2.24) is 9.80 Å². The molecule has 5 nitrogen and oxygen atoms in total. The molecule has 1 N–H and O–H groups in total. The number of halogens is 1. The number of amides is 3. The number of carbonyl (C=O) groups is 2. The fraction of sp³-hybridized carbons (Fsp3) is 0.600. The van der Waals surface area contributed by atoms with E-state index in [9.17, 15) is 14.0 Å². The van der Waals surface area contributed by atoms with Crippen LogP contribution in [-0.2, 0) is 4.79 Å². The summed E-state index contributed by atoms with van der Waals surface area (Å²) in [5.74, 6) is -0.0732. The Morgan fingerprint density at radius 3 is 2.73 bits per heavy atom. The molecule has 0 saturated carbocycles. The molecule has 2 aliphatic rings. The lowest BCUT2D eigenvalue weighted by Gasteiger charge is -2.48. The number of nitrogens with zero attached hydrogens (tertiary/aromatic N) is 2. The maximum atomic E-state index is 13.0. The second kappa shape index (κ2) is 8.06. The summed E-state index contributed by atoms with van der Waals surface area (Å²) in [7, 11) is 0. The normalized spacial score (nSPS) is 23.4. The molecule has 0 aliphatic carbocycles. The number of urea groups is 1. The van der Waals surface area contributed by atoms with E-state index in [0.717, 1.165) is 51.7 Å². The first-order valence-corrected chi connectivity index (χ1v) is 9.61. The molecule has 0 bridgehead atoms. The van der Waals surface area contributed by atoms with Crippen LogP contribution >= 0.6 is 0 Å². The molecule has 2 fully saturated rings. The van der Waals surface area contributed by atoms with Crippen LogP contribution in [0, 0.1) is 11.2 Å². The summed E-state index contributed by atoms with van der Waals surface area (Å²) in [5.41, 5.74) is 0.611. The van der Waals surface area contributed by atoms with E-state index >= 15 is 0 Å². The van der Waals surface area contributed by atoms with E-state index in [1.165, 1.54) is 12.1 Å². The molecule has 1 aromatic carbocycles. The van der Waals surface area contributed by atoms with Gasteiger partial charge in [0, 0.05) is 43.7 Å². The summed E-state index contributed by atoms with van der Waals surface area (Å²) < 4.78 is 13.0. The number of carbonyl (C=O) groups excluding carboxylic acids is 2. The number of hydrogen-bond acceptors (Lipinski definition) is 2. The molecule has 142 valence electrons. The van der Waals surface area contributed by atoms with Crippen LogP contribution < -0.4 is 5.32 Å². The molecule has 3 rings (SSSR count). The van der Waals surface area contributed by atoms with Gasteiger partial charge in [0.05, 0.1) is 0 Å². The zero-order valence-electron chi connectivity index (χ0n) is 15.5. The van der Waals surface area contributed by atoms with Crippen LogP contribution in [0.1, 0.15) is 45.4 Å². The molecule has 2 saturated heterocycles. The van der Waals surface area contributed by atoms with Gasteiger partial charge in [0.1, 0.15) is 5.82 Å². The van der Waals surface area contributed by atoms with Crippen molar-refractivity contribution in [2.75, 3.05) is 31.5 Å². The van der Waals surface area contributed by atoms with Gasteiger partial charge < -0.3 is 15.1 Å². The molecule has 3 amide bonds. The van der Waals surface area contributed by atoms with Crippen molar-refractivity contribution in [3.05, 3.63) is 30.1 Å². The fourth-order valence-electron chi connectivity index (χ4n) is 4.11. The van der Waals surface area contributed by atoms with Crippen molar-refractivity contribution in [3.8, 4) is 0 Å². The molecule has 1 aromatic rings. The third kappa shape index (κ3) is 4.34.